The molecule has 6 nitrogen and oxygen atoms in total. The van der Waals surface area contributed by atoms with E-state index < -0.39 is 11.9 Å². The van der Waals surface area contributed by atoms with Crippen molar-refractivity contribution in [3.8, 4) is 0 Å². The predicted octanol–water partition coefficient (Wildman–Crippen LogP) is 3.03. The lowest BCUT2D eigenvalue weighted by atomic mass is 10.2. The zero-order valence-electron chi connectivity index (χ0n) is 13.2. The summed E-state index contributed by atoms with van der Waals surface area (Å²) in [5.41, 5.74) is 1.40. The summed E-state index contributed by atoms with van der Waals surface area (Å²) in [6.45, 7) is 5.65. The summed E-state index contributed by atoms with van der Waals surface area (Å²) in [5.74, 6) is -1.44. The van der Waals surface area contributed by atoms with Crippen molar-refractivity contribution < 1.29 is 19.1 Å². The molecule has 7 heteroatoms. The molecule has 0 unspecified atom stereocenters. The average Bonchev–Trinajstić information content (AvgIpc) is 2.87. The Hall–Kier alpha value is -2.41. The van der Waals surface area contributed by atoms with Crippen LogP contribution in [0.25, 0.3) is 10.2 Å². The maximum atomic E-state index is 11.9. The Morgan fingerprint density at radius 3 is 2.48 bits per heavy atom. The highest BCUT2D eigenvalue weighted by atomic mass is 32.1. The fraction of sp³-hybridized carbons (Fsp3) is 0.312. The zero-order valence-corrected chi connectivity index (χ0v) is 14.0. The number of aryl methyl sites for hydroxylation is 1. The molecule has 1 aromatic heterocycles. The van der Waals surface area contributed by atoms with Crippen LogP contribution in [0.4, 0.5) is 5.69 Å². The molecule has 0 aliphatic heterocycles. The van der Waals surface area contributed by atoms with Gasteiger partial charge in [0.05, 0.1) is 28.4 Å². The monoisotopic (exact) mass is 334 g/mol. The predicted molar refractivity (Wildman–Crippen MR) is 89.3 cm³/mol. The van der Waals surface area contributed by atoms with E-state index in [4.69, 9.17) is 9.47 Å². The van der Waals surface area contributed by atoms with Gasteiger partial charge >= 0.3 is 11.9 Å². The van der Waals surface area contributed by atoms with Crippen molar-refractivity contribution in [2.24, 2.45) is 0 Å². The van der Waals surface area contributed by atoms with Gasteiger partial charge in [0.15, 0.2) is 5.57 Å². The number of hydrogen-bond donors (Lipinski definition) is 1. The van der Waals surface area contributed by atoms with Gasteiger partial charge in [-0.2, -0.15) is 0 Å². The molecule has 0 aliphatic carbocycles. The Morgan fingerprint density at radius 2 is 1.87 bits per heavy atom. The SMILES string of the molecule is CCOC(=O)C(=CNc1ccc2sc(C)nc2c1)C(=O)OCC. The van der Waals surface area contributed by atoms with Gasteiger partial charge in [-0.25, -0.2) is 14.6 Å². The van der Waals surface area contributed by atoms with E-state index in [9.17, 15) is 9.59 Å². The Balaban J connectivity index is 2.22. The highest BCUT2D eigenvalue weighted by Gasteiger charge is 2.20. The lowest BCUT2D eigenvalue weighted by Crippen LogP contribution is -2.19. The van der Waals surface area contributed by atoms with E-state index in [1.54, 1.807) is 25.2 Å². The molecular weight excluding hydrogens is 316 g/mol. The molecule has 1 N–H and O–H groups in total. The number of nitrogens with zero attached hydrogens (tertiary/aromatic N) is 1. The summed E-state index contributed by atoms with van der Waals surface area (Å²) in [5, 5.41) is 3.90. The van der Waals surface area contributed by atoms with Crippen LogP contribution < -0.4 is 5.32 Å². The van der Waals surface area contributed by atoms with Crippen LogP contribution in [0, 0.1) is 6.92 Å². The fourth-order valence-electron chi connectivity index (χ4n) is 1.91. The van der Waals surface area contributed by atoms with Gasteiger partial charge in [-0.05, 0) is 39.0 Å². The number of hydrogen-bond acceptors (Lipinski definition) is 7. The highest BCUT2D eigenvalue weighted by molar-refractivity contribution is 7.18. The van der Waals surface area contributed by atoms with E-state index in [2.05, 4.69) is 10.3 Å². The third-order valence-corrected chi connectivity index (χ3v) is 3.82. The second-order valence-electron chi connectivity index (χ2n) is 4.56. The van der Waals surface area contributed by atoms with Gasteiger partial charge in [0.25, 0.3) is 0 Å². The van der Waals surface area contributed by atoms with Crippen LogP contribution in [0.2, 0.25) is 0 Å². The number of carbonyl (C=O) groups is 2. The molecule has 2 rings (SSSR count). The number of esters is 2. The van der Waals surface area contributed by atoms with Gasteiger partial charge in [-0.15, -0.1) is 11.3 Å². The van der Waals surface area contributed by atoms with Gasteiger partial charge in [0, 0.05) is 11.9 Å². The number of benzene rings is 1. The van der Waals surface area contributed by atoms with E-state index in [-0.39, 0.29) is 18.8 Å². The molecule has 0 saturated carbocycles. The van der Waals surface area contributed by atoms with Crippen LogP contribution >= 0.6 is 11.3 Å². The minimum absolute atomic E-state index is 0.178. The minimum atomic E-state index is -0.718. The molecule has 1 heterocycles. The van der Waals surface area contributed by atoms with Crippen LogP contribution in [-0.2, 0) is 19.1 Å². The van der Waals surface area contributed by atoms with Crippen molar-refractivity contribution in [2.75, 3.05) is 18.5 Å². The van der Waals surface area contributed by atoms with Crippen LogP contribution in [0.15, 0.2) is 30.0 Å². The van der Waals surface area contributed by atoms with Gasteiger partial charge in [-0.1, -0.05) is 0 Å². The summed E-state index contributed by atoms with van der Waals surface area (Å²) in [7, 11) is 0. The van der Waals surface area contributed by atoms with Crippen LogP contribution in [-0.4, -0.2) is 30.1 Å². The molecule has 2 aromatic rings. The maximum absolute atomic E-state index is 11.9. The lowest BCUT2D eigenvalue weighted by molar-refractivity contribution is -0.146. The first-order valence-corrected chi connectivity index (χ1v) is 8.05. The number of aromatic nitrogens is 1. The number of carbonyl (C=O) groups excluding carboxylic acids is 2. The highest BCUT2D eigenvalue weighted by Crippen LogP contribution is 2.24. The summed E-state index contributed by atoms with van der Waals surface area (Å²) in [6.07, 6.45) is 1.30. The molecule has 0 bridgehead atoms. The molecule has 1 aromatic carbocycles. The fourth-order valence-corrected chi connectivity index (χ4v) is 2.71. The van der Waals surface area contributed by atoms with Crippen LogP contribution in [0.3, 0.4) is 0 Å². The van der Waals surface area contributed by atoms with Crippen molar-refractivity contribution in [2.45, 2.75) is 20.8 Å². The molecule has 0 atom stereocenters. The Labute approximate surface area is 138 Å². The second kappa shape index (κ2) is 7.73. The average molecular weight is 334 g/mol. The van der Waals surface area contributed by atoms with Gasteiger partial charge in [-0.3, -0.25) is 0 Å². The van der Waals surface area contributed by atoms with Gasteiger partial charge in [0.2, 0.25) is 0 Å². The topological polar surface area (TPSA) is 77.5 Å². The first kappa shape index (κ1) is 17.0. The number of anilines is 1. The lowest BCUT2D eigenvalue weighted by Gasteiger charge is -2.07. The summed E-state index contributed by atoms with van der Waals surface area (Å²) >= 11 is 1.61. The minimum Gasteiger partial charge on any atom is -0.462 e. The number of ether oxygens (including phenoxy) is 2. The van der Waals surface area contributed by atoms with Gasteiger partial charge < -0.3 is 14.8 Å². The van der Waals surface area contributed by atoms with Crippen molar-refractivity contribution >= 4 is 39.2 Å². The standard InChI is InChI=1S/C16H18N2O4S/c1-4-21-15(19)12(16(20)22-5-2)9-17-11-6-7-14-13(8-11)18-10(3)23-14/h6-9,17H,4-5H2,1-3H3. The first-order chi connectivity index (χ1) is 11.0. The molecule has 0 amide bonds. The maximum Gasteiger partial charge on any atom is 0.347 e. The molecule has 0 radical (unpaired) electrons. The third-order valence-electron chi connectivity index (χ3n) is 2.87. The molecule has 0 fully saturated rings. The third kappa shape index (κ3) is 4.29. The Morgan fingerprint density at radius 1 is 1.22 bits per heavy atom. The first-order valence-electron chi connectivity index (χ1n) is 7.23. The summed E-state index contributed by atoms with van der Waals surface area (Å²) < 4.78 is 10.8. The second-order valence-corrected chi connectivity index (χ2v) is 5.79. The van der Waals surface area contributed by atoms with E-state index >= 15 is 0 Å². The number of fused-ring (bicyclic) bond motifs is 1. The summed E-state index contributed by atoms with van der Waals surface area (Å²) in [4.78, 5) is 28.1. The zero-order chi connectivity index (χ0) is 16.8. The molecule has 122 valence electrons. The van der Waals surface area contributed by atoms with Crippen molar-refractivity contribution in [3.05, 3.63) is 35.0 Å². The summed E-state index contributed by atoms with van der Waals surface area (Å²) in [6, 6.07) is 5.64. The smallest absolute Gasteiger partial charge is 0.347 e. The Bertz CT molecular complexity index is 732. The number of rotatable bonds is 6. The van der Waals surface area contributed by atoms with Crippen molar-refractivity contribution in [3.63, 3.8) is 0 Å². The quantitative estimate of drug-likeness (QED) is 0.379. The van der Waals surface area contributed by atoms with Crippen LogP contribution in [0.1, 0.15) is 18.9 Å². The molecule has 23 heavy (non-hydrogen) atoms. The number of nitrogens with one attached hydrogen (secondary N) is 1. The van der Waals surface area contributed by atoms with Crippen LogP contribution in [0.5, 0.6) is 0 Å². The molecule has 0 spiro atoms. The normalized spacial score (nSPS) is 10.2. The van der Waals surface area contributed by atoms with Crippen molar-refractivity contribution in [1.82, 2.24) is 4.98 Å². The Kier molecular flexibility index (Phi) is 5.70. The van der Waals surface area contributed by atoms with E-state index in [0.717, 1.165) is 15.2 Å². The van der Waals surface area contributed by atoms with E-state index in [0.29, 0.717) is 5.69 Å². The molecular formula is C16H18N2O4S. The molecule has 0 saturated heterocycles. The van der Waals surface area contributed by atoms with E-state index in [1.807, 2.05) is 25.1 Å². The van der Waals surface area contributed by atoms with E-state index in [1.165, 1.54) is 6.20 Å². The van der Waals surface area contributed by atoms with Crippen molar-refractivity contribution in [1.29, 1.82) is 0 Å². The van der Waals surface area contributed by atoms with Gasteiger partial charge in [0.1, 0.15) is 0 Å². The largest absolute Gasteiger partial charge is 0.462 e. The molecule has 0 aliphatic rings. The number of thiazole rings is 1.